The first kappa shape index (κ1) is 17.9. The van der Waals surface area contributed by atoms with Crippen molar-refractivity contribution in [1.82, 2.24) is 9.80 Å². The van der Waals surface area contributed by atoms with Crippen LogP contribution in [-0.4, -0.2) is 52.5 Å². The lowest BCUT2D eigenvalue weighted by Gasteiger charge is -2.36. The number of hydrogen-bond donors (Lipinski definition) is 1. The molecule has 0 saturated carbocycles. The van der Waals surface area contributed by atoms with E-state index in [9.17, 15) is 9.59 Å². The van der Waals surface area contributed by atoms with Crippen LogP contribution in [0.1, 0.15) is 44.1 Å². The molecule has 0 aromatic heterocycles. The molecule has 2 aliphatic heterocycles. The average Bonchev–Trinajstić information content (AvgIpc) is 3.08. The molecule has 136 valence electrons. The number of piperidine rings is 1. The van der Waals surface area contributed by atoms with E-state index in [1.165, 1.54) is 5.56 Å². The van der Waals surface area contributed by atoms with Crippen LogP contribution < -0.4 is 0 Å². The first-order valence-corrected chi connectivity index (χ1v) is 9.42. The molecule has 5 nitrogen and oxygen atoms in total. The molecule has 0 radical (unpaired) electrons. The molecule has 2 saturated heterocycles. The summed E-state index contributed by atoms with van der Waals surface area (Å²) in [5.41, 5.74) is 1.25. The van der Waals surface area contributed by atoms with Crippen LogP contribution in [0.5, 0.6) is 0 Å². The Hall–Kier alpha value is -1.88. The fourth-order valence-corrected chi connectivity index (χ4v) is 4.15. The first-order valence-electron chi connectivity index (χ1n) is 9.42. The Balaban J connectivity index is 1.58. The second-order valence-electron chi connectivity index (χ2n) is 7.34. The minimum Gasteiger partial charge on any atom is -0.481 e. The minimum atomic E-state index is -0.742. The molecular formula is C20H28N2O3. The Morgan fingerprint density at radius 2 is 1.84 bits per heavy atom. The highest BCUT2D eigenvalue weighted by atomic mass is 16.4. The van der Waals surface area contributed by atoms with E-state index >= 15 is 0 Å². The minimum absolute atomic E-state index is 0.0153. The largest absolute Gasteiger partial charge is 0.481 e. The monoisotopic (exact) mass is 344 g/mol. The van der Waals surface area contributed by atoms with Crippen LogP contribution in [0.2, 0.25) is 0 Å². The smallest absolute Gasteiger partial charge is 0.303 e. The molecule has 2 aliphatic rings. The Bertz CT molecular complexity index is 590. The van der Waals surface area contributed by atoms with Gasteiger partial charge in [-0.15, -0.1) is 0 Å². The summed E-state index contributed by atoms with van der Waals surface area (Å²) in [6.45, 7) is 3.34. The second-order valence-corrected chi connectivity index (χ2v) is 7.34. The third-order valence-corrected chi connectivity index (χ3v) is 5.47. The molecule has 1 aromatic rings. The lowest BCUT2D eigenvalue weighted by Crippen LogP contribution is -2.49. The van der Waals surface area contributed by atoms with Gasteiger partial charge >= 0.3 is 5.97 Å². The number of hydrogen-bond acceptors (Lipinski definition) is 3. The van der Waals surface area contributed by atoms with E-state index in [0.717, 1.165) is 51.9 Å². The maximum atomic E-state index is 13.1. The number of amides is 1. The van der Waals surface area contributed by atoms with E-state index in [0.29, 0.717) is 12.3 Å². The van der Waals surface area contributed by atoms with Gasteiger partial charge in [-0.25, -0.2) is 0 Å². The van der Waals surface area contributed by atoms with Crippen molar-refractivity contribution in [2.75, 3.05) is 19.6 Å². The van der Waals surface area contributed by atoms with Gasteiger partial charge < -0.3 is 10.0 Å². The van der Waals surface area contributed by atoms with Gasteiger partial charge in [-0.3, -0.25) is 14.5 Å². The highest BCUT2D eigenvalue weighted by molar-refractivity contribution is 5.82. The maximum absolute atomic E-state index is 13.1. The second kappa shape index (κ2) is 8.48. The molecule has 0 bridgehead atoms. The molecule has 5 heteroatoms. The molecule has 0 unspecified atom stereocenters. The van der Waals surface area contributed by atoms with Crippen LogP contribution in [0.25, 0.3) is 0 Å². The summed E-state index contributed by atoms with van der Waals surface area (Å²) in [7, 11) is 0. The quantitative estimate of drug-likeness (QED) is 0.862. The standard InChI is InChI=1S/C20H28N2O3/c23-19(24)11-10-17-8-4-13-22(15-17)20(25)18-9-5-12-21(18)14-16-6-2-1-3-7-16/h1-3,6-7,17-18H,4-5,8-15H2,(H,23,24)/t17-,18+/m0/s1. The number of likely N-dealkylation sites (tertiary alicyclic amines) is 2. The normalized spacial score (nSPS) is 24.4. The topological polar surface area (TPSA) is 60.9 Å². The molecular weight excluding hydrogens is 316 g/mol. The highest BCUT2D eigenvalue weighted by Gasteiger charge is 2.35. The third-order valence-electron chi connectivity index (χ3n) is 5.47. The summed E-state index contributed by atoms with van der Waals surface area (Å²) in [5, 5.41) is 8.88. The van der Waals surface area contributed by atoms with Crippen LogP contribution >= 0.6 is 0 Å². The van der Waals surface area contributed by atoms with Crippen molar-refractivity contribution in [2.45, 2.75) is 51.1 Å². The van der Waals surface area contributed by atoms with Gasteiger partial charge in [0, 0.05) is 26.1 Å². The van der Waals surface area contributed by atoms with Gasteiger partial charge in [-0.05, 0) is 50.1 Å². The number of carbonyl (C=O) groups excluding carboxylic acids is 1. The number of nitrogens with zero attached hydrogens (tertiary/aromatic N) is 2. The number of carbonyl (C=O) groups is 2. The molecule has 1 aromatic carbocycles. The summed E-state index contributed by atoms with van der Waals surface area (Å²) in [6.07, 6.45) is 4.91. The van der Waals surface area contributed by atoms with Gasteiger partial charge in [-0.1, -0.05) is 30.3 Å². The fraction of sp³-hybridized carbons (Fsp3) is 0.600. The number of rotatable bonds is 6. The lowest BCUT2D eigenvalue weighted by molar-refractivity contribution is -0.138. The molecule has 0 spiro atoms. The summed E-state index contributed by atoms with van der Waals surface area (Å²) < 4.78 is 0. The van der Waals surface area contributed by atoms with E-state index in [-0.39, 0.29) is 18.4 Å². The predicted molar refractivity (Wildman–Crippen MR) is 96.0 cm³/mol. The van der Waals surface area contributed by atoms with E-state index in [1.807, 2.05) is 23.1 Å². The maximum Gasteiger partial charge on any atom is 0.303 e. The molecule has 25 heavy (non-hydrogen) atoms. The van der Waals surface area contributed by atoms with Crippen molar-refractivity contribution in [2.24, 2.45) is 5.92 Å². The van der Waals surface area contributed by atoms with E-state index in [4.69, 9.17) is 5.11 Å². The van der Waals surface area contributed by atoms with E-state index in [2.05, 4.69) is 17.0 Å². The Labute approximate surface area is 149 Å². The van der Waals surface area contributed by atoms with Crippen molar-refractivity contribution >= 4 is 11.9 Å². The molecule has 2 fully saturated rings. The lowest BCUT2D eigenvalue weighted by atomic mass is 9.93. The zero-order chi connectivity index (χ0) is 17.6. The van der Waals surface area contributed by atoms with Crippen molar-refractivity contribution in [3.8, 4) is 0 Å². The van der Waals surface area contributed by atoms with Gasteiger partial charge in [0.25, 0.3) is 0 Å². The number of carboxylic acid groups (broad SMARTS) is 1. The summed E-state index contributed by atoms with van der Waals surface area (Å²) in [4.78, 5) is 28.1. The average molecular weight is 344 g/mol. The van der Waals surface area contributed by atoms with Crippen LogP contribution in [0.15, 0.2) is 30.3 Å². The zero-order valence-corrected chi connectivity index (χ0v) is 14.8. The van der Waals surface area contributed by atoms with E-state index < -0.39 is 5.97 Å². The summed E-state index contributed by atoms with van der Waals surface area (Å²) in [6, 6.07) is 10.3. The van der Waals surface area contributed by atoms with Crippen LogP contribution in [-0.2, 0) is 16.1 Å². The number of benzene rings is 1. The molecule has 0 aliphatic carbocycles. The van der Waals surface area contributed by atoms with Crippen LogP contribution in [0.4, 0.5) is 0 Å². The van der Waals surface area contributed by atoms with Gasteiger partial charge in [0.1, 0.15) is 0 Å². The van der Waals surface area contributed by atoms with Gasteiger partial charge in [0.15, 0.2) is 0 Å². The molecule has 3 rings (SSSR count). The highest BCUT2D eigenvalue weighted by Crippen LogP contribution is 2.26. The van der Waals surface area contributed by atoms with E-state index in [1.54, 1.807) is 0 Å². The molecule has 1 N–H and O–H groups in total. The van der Waals surface area contributed by atoms with Gasteiger partial charge in [0.05, 0.1) is 6.04 Å². The SMILES string of the molecule is O=C(O)CC[C@@H]1CCCN(C(=O)[C@H]2CCCN2Cc2ccccc2)C1. The Morgan fingerprint density at radius 1 is 1.08 bits per heavy atom. The van der Waals surface area contributed by atoms with Crippen molar-refractivity contribution in [1.29, 1.82) is 0 Å². The predicted octanol–water partition coefficient (Wildman–Crippen LogP) is 2.75. The number of aliphatic carboxylic acids is 1. The molecule has 2 heterocycles. The first-order chi connectivity index (χ1) is 12.1. The zero-order valence-electron chi connectivity index (χ0n) is 14.8. The summed E-state index contributed by atoms with van der Waals surface area (Å²) in [5.74, 6) is -0.167. The van der Waals surface area contributed by atoms with Crippen LogP contribution in [0.3, 0.4) is 0 Å². The Kier molecular flexibility index (Phi) is 6.08. The fourth-order valence-electron chi connectivity index (χ4n) is 4.15. The van der Waals surface area contributed by atoms with Gasteiger partial charge in [0.2, 0.25) is 5.91 Å². The third kappa shape index (κ3) is 4.82. The van der Waals surface area contributed by atoms with Crippen molar-refractivity contribution < 1.29 is 14.7 Å². The number of carboxylic acids is 1. The van der Waals surface area contributed by atoms with Crippen LogP contribution in [0, 0.1) is 5.92 Å². The van der Waals surface area contributed by atoms with Crippen molar-refractivity contribution in [3.63, 3.8) is 0 Å². The van der Waals surface area contributed by atoms with Gasteiger partial charge in [-0.2, -0.15) is 0 Å². The molecule has 2 atom stereocenters. The molecule has 1 amide bonds. The Morgan fingerprint density at radius 3 is 2.60 bits per heavy atom. The summed E-state index contributed by atoms with van der Waals surface area (Å²) >= 11 is 0. The van der Waals surface area contributed by atoms with Crippen molar-refractivity contribution in [3.05, 3.63) is 35.9 Å².